The molecule has 6 nitrogen and oxygen atoms in total. The summed E-state index contributed by atoms with van der Waals surface area (Å²) in [7, 11) is 1.94. The monoisotopic (exact) mass is 492 g/mol. The van der Waals surface area contributed by atoms with Crippen molar-refractivity contribution in [1.29, 1.82) is 0 Å². The van der Waals surface area contributed by atoms with Crippen molar-refractivity contribution in [3.05, 3.63) is 96.6 Å². The minimum Gasteiger partial charge on any atom is -0.387 e. The molecule has 2 heterocycles. The van der Waals surface area contributed by atoms with Crippen LogP contribution >= 0.6 is 11.3 Å². The van der Waals surface area contributed by atoms with Gasteiger partial charge in [-0.15, -0.1) is 11.3 Å². The highest BCUT2D eigenvalue weighted by atomic mass is 32.1. The van der Waals surface area contributed by atoms with E-state index >= 15 is 0 Å². The lowest BCUT2D eigenvalue weighted by molar-refractivity contribution is 1.00. The highest BCUT2D eigenvalue weighted by Crippen LogP contribution is 2.41. The molecule has 0 atom stereocenters. The van der Waals surface area contributed by atoms with Gasteiger partial charge in [0.25, 0.3) is 0 Å². The van der Waals surface area contributed by atoms with Gasteiger partial charge >= 0.3 is 0 Å². The standard InChI is InChI=1S/C29H28N6S/c1-3-20-15-22(17-23(28(20)31-2)25-16-21-11-7-8-12-24(21)36-25)33-27-18-26(34-29(30)35-27)32-14-13-19-9-5-4-6-10-19/h3-12,15-18,31H,1,13-14H2,2H3,(H4,30,32,33,34,35). The molecule has 36 heavy (non-hydrogen) atoms. The van der Waals surface area contributed by atoms with E-state index in [9.17, 15) is 0 Å². The molecule has 0 aliphatic carbocycles. The lowest BCUT2D eigenvalue weighted by Crippen LogP contribution is -2.09. The van der Waals surface area contributed by atoms with Crippen molar-refractivity contribution in [2.75, 3.05) is 35.3 Å². The summed E-state index contributed by atoms with van der Waals surface area (Å²) in [5.41, 5.74) is 11.3. The van der Waals surface area contributed by atoms with E-state index in [0.717, 1.165) is 35.5 Å². The van der Waals surface area contributed by atoms with Crippen LogP contribution in [0.1, 0.15) is 11.1 Å². The molecule has 0 amide bonds. The van der Waals surface area contributed by atoms with Gasteiger partial charge in [0.1, 0.15) is 11.6 Å². The Morgan fingerprint density at radius 1 is 0.944 bits per heavy atom. The molecule has 0 spiro atoms. The van der Waals surface area contributed by atoms with E-state index in [-0.39, 0.29) is 5.95 Å². The number of nitrogens with two attached hydrogens (primary N) is 1. The third-order valence-corrected chi connectivity index (χ3v) is 7.06. The Bertz CT molecular complexity index is 1480. The van der Waals surface area contributed by atoms with Gasteiger partial charge in [-0.3, -0.25) is 0 Å². The van der Waals surface area contributed by atoms with Crippen LogP contribution in [0.4, 0.5) is 29.0 Å². The zero-order valence-corrected chi connectivity index (χ0v) is 20.9. The van der Waals surface area contributed by atoms with Crippen LogP contribution in [0.25, 0.3) is 26.6 Å². The lowest BCUT2D eigenvalue weighted by atomic mass is 10.0. The van der Waals surface area contributed by atoms with Gasteiger partial charge in [0.2, 0.25) is 5.95 Å². The highest BCUT2D eigenvalue weighted by Gasteiger charge is 2.14. The van der Waals surface area contributed by atoms with Crippen LogP contribution in [0.5, 0.6) is 0 Å². The van der Waals surface area contributed by atoms with Crippen molar-refractivity contribution >= 4 is 56.5 Å². The Hall–Kier alpha value is -4.36. The number of hydrogen-bond donors (Lipinski definition) is 4. The number of nitrogens with one attached hydrogen (secondary N) is 3. The second-order valence-electron chi connectivity index (χ2n) is 8.37. The van der Waals surface area contributed by atoms with E-state index < -0.39 is 0 Å². The molecule has 0 saturated carbocycles. The smallest absolute Gasteiger partial charge is 0.223 e. The Morgan fingerprint density at radius 3 is 2.50 bits per heavy atom. The van der Waals surface area contributed by atoms with E-state index in [1.807, 2.05) is 37.4 Å². The molecule has 5 rings (SSSR count). The summed E-state index contributed by atoms with van der Waals surface area (Å²) < 4.78 is 1.25. The molecule has 5 N–H and O–H groups in total. The van der Waals surface area contributed by atoms with Crippen molar-refractivity contribution < 1.29 is 0 Å². The summed E-state index contributed by atoms with van der Waals surface area (Å²) in [4.78, 5) is 9.93. The first kappa shape index (κ1) is 23.4. The third-order valence-electron chi connectivity index (χ3n) is 5.91. The molecule has 0 aliphatic rings. The van der Waals surface area contributed by atoms with Crippen molar-refractivity contribution in [3.8, 4) is 10.4 Å². The average molecular weight is 493 g/mol. The SMILES string of the molecule is C=Cc1cc(Nc2cc(NCCc3ccccc3)nc(N)n2)cc(-c2cc3ccccc3s2)c1NC. The molecule has 2 aromatic heterocycles. The number of rotatable bonds is 9. The fraction of sp³-hybridized carbons (Fsp3) is 0.103. The van der Waals surface area contributed by atoms with Gasteiger partial charge in [-0.25, -0.2) is 0 Å². The van der Waals surface area contributed by atoms with Crippen LogP contribution < -0.4 is 21.7 Å². The minimum absolute atomic E-state index is 0.211. The van der Waals surface area contributed by atoms with E-state index in [1.165, 1.54) is 20.5 Å². The van der Waals surface area contributed by atoms with E-state index in [2.05, 4.69) is 87.1 Å². The number of nitrogen functional groups attached to an aromatic ring is 1. The summed E-state index contributed by atoms with van der Waals surface area (Å²) in [6.45, 7) is 4.78. The van der Waals surface area contributed by atoms with Crippen LogP contribution in [0.2, 0.25) is 0 Å². The highest BCUT2D eigenvalue weighted by molar-refractivity contribution is 7.22. The second-order valence-corrected chi connectivity index (χ2v) is 9.46. The zero-order chi connectivity index (χ0) is 24.9. The van der Waals surface area contributed by atoms with E-state index in [4.69, 9.17) is 5.73 Å². The molecule has 3 aromatic carbocycles. The first-order valence-electron chi connectivity index (χ1n) is 11.8. The number of hydrogen-bond acceptors (Lipinski definition) is 7. The van der Waals surface area contributed by atoms with Crippen LogP contribution in [0.15, 0.2) is 85.4 Å². The summed E-state index contributed by atoms with van der Waals surface area (Å²) in [6, 6.07) is 27.0. The van der Waals surface area contributed by atoms with Crippen LogP contribution in [-0.4, -0.2) is 23.6 Å². The van der Waals surface area contributed by atoms with Gasteiger partial charge in [-0.2, -0.15) is 9.97 Å². The molecule has 5 aromatic rings. The van der Waals surface area contributed by atoms with Crippen LogP contribution in [0, 0.1) is 0 Å². The van der Waals surface area contributed by atoms with Crippen molar-refractivity contribution in [2.24, 2.45) is 0 Å². The van der Waals surface area contributed by atoms with Gasteiger partial charge in [0.05, 0.1) is 0 Å². The van der Waals surface area contributed by atoms with Gasteiger partial charge in [0, 0.05) is 46.2 Å². The predicted octanol–water partition coefficient (Wildman–Crippen LogP) is 7.02. The number of fused-ring (bicyclic) bond motifs is 1. The maximum Gasteiger partial charge on any atom is 0.223 e. The summed E-state index contributed by atoms with van der Waals surface area (Å²) in [6.07, 6.45) is 2.75. The topological polar surface area (TPSA) is 87.9 Å². The first-order chi connectivity index (χ1) is 17.6. The van der Waals surface area contributed by atoms with Crippen molar-refractivity contribution in [1.82, 2.24) is 9.97 Å². The van der Waals surface area contributed by atoms with Crippen LogP contribution in [-0.2, 0) is 6.42 Å². The first-order valence-corrected chi connectivity index (χ1v) is 12.6. The maximum atomic E-state index is 6.03. The fourth-order valence-electron chi connectivity index (χ4n) is 4.23. The van der Waals surface area contributed by atoms with Crippen LogP contribution in [0.3, 0.4) is 0 Å². The predicted molar refractivity (Wildman–Crippen MR) is 155 cm³/mol. The third kappa shape index (κ3) is 5.16. The van der Waals surface area contributed by atoms with Crippen molar-refractivity contribution in [3.63, 3.8) is 0 Å². The average Bonchev–Trinajstić information content (AvgIpc) is 3.33. The summed E-state index contributed by atoms with van der Waals surface area (Å²) >= 11 is 1.77. The number of nitrogens with zero attached hydrogens (tertiary/aromatic N) is 2. The quantitative estimate of drug-likeness (QED) is 0.177. The molecular formula is C29H28N6S. The molecular weight excluding hydrogens is 464 g/mol. The number of aromatic nitrogens is 2. The molecule has 0 unspecified atom stereocenters. The maximum absolute atomic E-state index is 6.03. The molecule has 0 saturated heterocycles. The Balaban J connectivity index is 1.42. The number of benzene rings is 3. The van der Waals surface area contributed by atoms with Gasteiger partial charge < -0.3 is 21.7 Å². The summed E-state index contributed by atoms with van der Waals surface area (Å²) in [5.74, 6) is 1.52. The lowest BCUT2D eigenvalue weighted by Gasteiger charge is -2.16. The second kappa shape index (κ2) is 10.5. The Kier molecular flexibility index (Phi) is 6.82. The molecule has 0 bridgehead atoms. The Labute approximate surface area is 214 Å². The summed E-state index contributed by atoms with van der Waals surface area (Å²) in [5, 5.41) is 11.4. The van der Waals surface area contributed by atoms with E-state index in [0.29, 0.717) is 11.6 Å². The van der Waals surface area contributed by atoms with Gasteiger partial charge in [-0.05, 0) is 47.2 Å². The minimum atomic E-state index is 0.211. The van der Waals surface area contributed by atoms with Crippen molar-refractivity contribution in [2.45, 2.75) is 6.42 Å². The van der Waals surface area contributed by atoms with E-state index in [1.54, 1.807) is 11.3 Å². The van der Waals surface area contributed by atoms with Gasteiger partial charge in [0.15, 0.2) is 0 Å². The number of anilines is 5. The van der Waals surface area contributed by atoms with Gasteiger partial charge in [-0.1, -0.05) is 61.2 Å². The zero-order valence-electron chi connectivity index (χ0n) is 20.1. The Morgan fingerprint density at radius 2 is 1.72 bits per heavy atom. The molecule has 0 aliphatic heterocycles. The number of thiophene rings is 1. The largest absolute Gasteiger partial charge is 0.387 e. The molecule has 7 heteroatoms. The molecule has 0 fully saturated rings. The molecule has 180 valence electrons. The normalized spacial score (nSPS) is 10.8. The molecule has 0 radical (unpaired) electrons. The fourth-order valence-corrected chi connectivity index (χ4v) is 5.32.